The van der Waals surface area contributed by atoms with E-state index in [4.69, 9.17) is 4.74 Å². The molecule has 1 heterocycles. The molecule has 1 N–H and O–H groups in total. The Balaban J connectivity index is 1.27. The number of hydrogen-bond acceptors (Lipinski definition) is 4. The molecule has 5 rings (SSSR count). The molecule has 1 aromatic rings. The van der Waals surface area contributed by atoms with Gasteiger partial charge in [-0.1, -0.05) is 13.8 Å². The summed E-state index contributed by atoms with van der Waals surface area (Å²) in [6, 6.07) is 0. The molecule has 0 saturated heterocycles. The molecule has 0 aliphatic heterocycles. The molecule has 0 radical (unpaired) electrons. The molecule has 2 unspecified atom stereocenters. The smallest absolute Gasteiger partial charge is 0.226 e. The van der Waals surface area contributed by atoms with Crippen LogP contribution < -0.4 is 5.32 Å². The van der Waals surface area contributed by atoms with Gasteiger partial charge in [-0.2, -0.15) is 0 Å². The van der Waals surface area contributed by atoms with E-state index < -0.39 is 0 Å². The van der Waals surface area contributed by atoms with E-state index in [0.29, 0.717) is 30.4 Å². The molecule has 0 spiro atoms. The first-order valence-electron chi connectivity index (χ1n) is 9.59. The zero-order valence-corrected chi connectivity index (χ0v) is 16.5. The lowest BCUT2D eigenvalue weighted by Gasteiger charge is -2.65. The van der Waals surface area contributed by atoms with Gasteiger partial charge in [-0.3, -0.25) is 4.79 Å². The van der Waals surface area contributed by atoms with Crippen molar-refractivity contribution in [1.82, 2.24) is 10.3 Å². The molecule has 1 amide bonds. The summed E-state index contributed by atoms with van der Waals surface area (Å²) in [5, 5.41) is 5.96. The van der Waals surface area contributed by atoms with Crippen LogP contribution in [-0.2, 0) is 16.0 Å². The van der Waals surface area contributed by atoms with E-state index in [1.165, 1.54) is 38.5 Å². The Labute approximate surface area is 154 Å². The monoisotopic (exact) mass is 362 g/mol. The molecule has 4 aliphatic rings. The van der Waals surface area contributed by atoms with Gasteiger partial charge in [-0.25, -0.2) is 4.98 Å². The van der Waals surface area contributed by atoms with Crippen LogP contribution in [0.25, 0.3) is 0 Å². The zero-order valence-electron chi connectivity index (χ0n) is 15.7. The second kappa shape index (κ2) is 6.05. The van der Waals surface area contributed by atoms with Crippen molar-refractivity contribution in [3.63, 3.8) is 0 Å². The standard InChI is InChI=1S/C20H30N2O2S/c1-14-22-16(10-25-14)6-17(23)21-4-5-24-20-9-15-7-18(2,12-20)11-19(3,8-15)13-20/h10,15H,4-9,11-13H2,1-3H3,(H,21,23)/t15?,18-,19+,20?. The first-order valence-corrected chi connectivity index (χ1v) is 10.5. The SMILES string of the molecule is Cc1nc(CC(=O)NCCOC23CC4C[C@@](C)(C2)C[C@](C)(C4)C3)cs1. The van der Waals surface area contributed by atoms with Crippen molar-refractivity contribution in [3.8, 4) is 0 Å². The number of rotatable bonds is 6. The summed E-state index contributed by atoms with van der Waals surface area (Å²) >= 11 is 1.59. The average molecular weight is 363 g/mol. The minimum Gasteiger partial charge on any atom is -0.373 e. The maximum atomic E-state index is 12.0. The van der Waals surface area contributed by atoms with Crippen LogP contribution in [0.15, 0.2) is 5.38 Å². The fraction of sp³-hybridized carbons (Fsp3) is 0.800. The topological polar surface area (TPSA) is 51.2 Å². The number of ether oxygens (including phenoxy) is 1. The number of thiazole rings is 1. The van der Waals surface area contributed by atoms with Gasteiger partial charge < -0.3 is 10.1 Å². The van der Waals surface area contributed by atoms with Crippen molar-refractivity contribution in [2.24, 2.45) is 16.7 Å². The van der Waals surface area contributed by atoms with Crippen molar-refractivity contribution in [2.45, 2.75) is 71.3 Å². The molecule has 25 heavy (non-hydrogen) atoms. The Morgan fingerprint density at radius 1 is 1.28 bits per heavy atom. The van der Waals surface area contributed by atoms with Gasteiger partial charge in [0.1, 0.15) is 0 Å². The predicted octanol–water partition coefficient (Wildman–Crippen LogP) is 3.88. The van der Waals surface area contributed by atoms with Gasteiger partial charge in [0, 0.05) is 11.9 Å². The highest BCUT2D eigenvalue weighted by Crippen LogP contribution is 2.67. The summed E-state index contributed by atoms with van der Waals surface area (Å²) in [5.41, 5.74) is 1.88. The molecule has 4 fully saturated rings. The molecular weight excluding hydrogens is 332 g/mol. The predicted molar refractivity (Wildman–Crippen MR) is 99.7 cm³/mol. The molecule has 5 heteroatoms. The van der Waals surface area contributed by atoms with Crippen LogP contribution in [0.3, 0.4) is 0 Å². The van der Waals surface area contributed by atoms with Crippen molar-refractivity contribution < 1.29 is 9.53 Å². The number of nitrogens with one attached hydrogen (secondary N) is 1. The molecule has 0 aromatic carbocycles. The molecule has 4 bridgehead atoms. The fourth-order valence-electron chi connectivity index (χ4n) is 6.68. The van der Waals surface area contributed by atoms with E-state index in [2.05, 4.69) is 24.1 Å². The van der Waals surface area contributed by atoms with Crippen LogP contribution in [0.2, 0.25) is 0 Å². The fourth-order valence-corrected chi connectivity index (χ4v) is 7.29. The van der Waals surface area contributed by atoms with Crippen LogP contribution in [0, 0.1) is 23.7 Å². The van der Waals surface area contributed by atoms with Crippen molar-refractivity contribution in [2.75, 3.05) is 13.2 Å². The Morgan fingerprint density at radius 3 is 2.60 bits per heavy atom. The average Bonchev–Trinajstić information content (AvgIpc) is 2.85. The van der Waals surface area contributed by atoms with E-state index >= 15 is 0 Å². The molecule has 1 aromatic heterocycles. The normalized spacial score (nSPS) is 38.9. The molecule has 4 atom stereocenters. The lowest BCUT2D eigenvalue weighted by atomic mass is 9.43. The summed E-state index contributed by atoms with van der Waals surface area (Å²) in [6.45, 7) is 8.12. The van der Waals surface area contributed by atoms with Crippen molar-refractivity contribution in [3.05, 3.63) is 16.1 Å². The molecule has 4 aliphatic carbocycles. The first kappa shape index (κ1) is 17.5. The van der Waals surface area contributed by atoms with Crippen LogP contribution in [0.1, 0.15) is 63.1 Å². The van der Waals surface area contributed by atoms with Crippen LogP contribution in [0.5, 0.6) is 0 Å². The first-order chi connectivity index (χ1) is 11.8. The van der Waals surface area contributed by atoms with Gasteiger partial charge in [-0.05, 0) is 62.2 Å². The lowest BCUT2D eigenvalue weighted by Crippen LogP contribution is -2.59. The summed E-state index contributed by atoms with van der Waals surface area (Å²) in [5.74, 6) is 0.882. The van der Waals surface area contributed by atoms with Crippen molar-refractivity contribution >= 4 is 17.2 Å². The second-order valence-electron chi connectivity index (χ2n) is 9.55. The third-order valence-corrected chi connectivity index (χ3v) is 7.24. The molecule has 4 nitrogen and oxygen atoms in total. The van der Waals surface area contributed by atoms with Gasteiger partial charge >= 0.3 is 0 Å². The number of carbonyl (C=O) groups excluding carboxylic acids is 1. The van der Waals surface area contributed by atoms with Gasteiger partial charge in [0.15, 0.2) is 0 Å². The number of carbonyl (C=O) groups is 1. The van der Waals surface area contributed by atoms with E-state index in [1.54, 1.807) is 11.3 Å². The maximum Gasteiger partial charge on any atom is 0.226 e. The summed E-state index contributed by atoms with van der Waals surface area (Å²) in [7, 11) is 0. The molecule has 4 saturated carbocycles. The van der Waals surface area contributed by atoms with E-state index in [-0.39, 0.29) is 11.5 Å². The van der Waals surface area contributed by atoms with Gasteiger partial charge in [-0.15, -0.1) is 11.3 Å². The zero-order chi connectivity index (χ0) is 17.7. The van der Waals surface area contributed by atoms with Gasteiger partial charge in [0.05, 0.1) is 29.3 Å². The van der Waals surface area contributed by atoms with Gasteiger partial charge in [0.25, 0.3) is 0 Å². The van der Waals surface area contributed by atoms with E-state index in [9.17, 15) is 4.79 Å². The molecular formula is C20H30N2O2S. The Morgan fingerprint density at radius 2 is 2.00 bits per heavy atom. The van der Waals surface area contributed by atoms with Crippen LogP contribution in [0.4, 0.5) is 0 Å². The van der Waals surface area contributed by atoms with Gasteiger partial charge in [0.2, 0.25) is 5.91 Å². The third-order valence-electron chi connectivity index (χ3n) is 6.42. The number of nitrogens with zero attached hydrogens (tertiary/aromatic N) is 1. The number of aryl methyl sites for hydroxylation is 1. The highest BCUT2D eigenvalue weighted by Gasteiger charge is 2.60. The number of hydrogen-bond donors (Lipinski definition) is 1. The number of aromatic nitrogens is 1. The van der Waals surface area contributed by atoms with E-state index in [0.717, 1.165) is 16.6 Å². The Kier molecular flexibility index (Phi) is 4.23. The maximum absolute atomic E-state index is 12.0. The van der Waals surface area contributed by atoms with Crippen LogP contribution >= 0.6 is 11.3 Å². The lowest BCUT2D eigenvalue weighted by molar-refractivity contribution is -0.213. The third kappa shape index (κ3) is 3.63. The second-order valence-corrected chi connectivity index (χ2v) is 10.6. The minimum absolute atomic E-state index is 0.0401. The van der Waals surface area contributed by atoms with E-state index in [1.807, 2.05) is 12.3 Å². The Hall–Kier alpha value is -0.940. The summed E-state index contributed by atoms with van der Waals surface area (Å²) < 4.78 is 6.45. The van der Waals surface area contributed by atoms with Crippen molar-refractivity contribution in [1.29, 1.82) is 0 Å². The summed E-state index contributed by atoms with van der Waals surface area (Å²) in [6.07, 6.45) is 8.15. The minimum atomic E-state index is 0.0401. The highest BCUT2D eigenvalue weighted by atomic mass is 32.1. The molecule has 138 valence electrons. The number of amides is 1. The quantitative estimate of drug-likeness (QED) is 0.782. The largest absolute Gasteiger partial charge is 0.373 e. The highest BCUT2D eigenvalue weighted by molar-refractivity contribution is 7.09. The Bertz CT molecular complexity index is 652. The summed E-state index contributed by atoms with van der Waals surface area (Å²) in [4.78, 5) is 16.4. The van der Waals surface area contributed by atoms with Crippen LogP contribution in [-0.4, -0.2) is 29.6 Å².